The van der Waals surface area contributed by atoms with Crippen molar-refractivity contribution in [1.82, 2.24) is 45.4 Å². The summed E-state index contributed by atoms with van der Waals surface area (Å²) in [6.45, 7) is 2.76. The Morgan fingerprint density at radius 1 is 0.506 bits per heavy atom. The fourth-order valence-electron chi connectivity index (χ4n) is 11.3. The first-order chi connectivity index (χ1) is 43.3. The molecule has 11 rings (SSSR count). The molecule has 0 aliphatic heterocycles. The van der Waals surface area contributed by atoms with Crippen molar-refractivity contribution < 1.29 is 53.0 Å². The Labute approximate surface area is 514 Å². The SMILES string of the molecule is CCOC(=O)c1nnn(Cc2ccc(OC)cc2)c1OC1CCC(c2ccc(C#N)cc2)CC1.COc1ccc(Cn2nnc(C(=O)O)c2OC2CCC(c3ccc(C#N)cc3)CC2)cc1.N#Cc1ccc(C2CCC(Oc3nn[nH]c3C(=O)O)CC2)cc1. The maximum absolute atomic E-state index is 12.5. The molecule has 3 aromatic heterocycles. The number of nitrogens with one attached hydrogen (secondary N) is 1. The zero-order valence-electron chi connectivity index (χ0n) is 49.6. The molecular weight excluding hydrogens is 1140 g/mol. The molecule has 3 aliphatic rings. The van der Waals surface area contributed by atoms with Crippen LogP contribution in [0.4, 0.5) is 0 Å². The van der Waals surface area contributed by atoms with Gasteiger partial charge in [0.05, 0.1) is 68.8 Å². The van der Waals surface area contributed by atoms with Gasteiger partial charge in [0.25, 0.3) is 5.88 Å². The van der Waals surface area contributed by atoms with Gasteiger partial charge in [-0.3, -0.25) is 0 Å². The number of nitrogens with zero attached hydrogens (tertiary/aromatic N) is 11. The van der Waals surface area contributed by atoms with Gasteiger partial charge in [0.1, 0.15) is 29.8 Å². The van der Waals surface area contributed by atoms with Crippen LogP contribution in [0.2, 0.25) is 0 Å². The minimum Gasteiger partial charge on any atom is -0.497 e. The Morgan fingerprint density at radius 2 is 0.876 bits per heavy atom. The molecular formula is C66H68N12O11. The number of H-pyrrole nitrogens is 1. The summed E-state index contributed by atoms with van der Waals surface area (Å²) in [4.78, 5) is 35.2. The van der Waals surface area contributed by atoms with Gasteiger partial charge in [0.2, 0.25) is 28.8 Å². The predicted octanol–water partition coefficient (Wildman–Crippen LogP) is 11.0. The number of carbonyl (C=O) groups is 3. The highest BCUT2D eigenvalue weighted by Crippen LogP contribution is 2.38. The van der Waals surface area contributed by atoms with E-state index in [0.717, 1.165) is 99.7 Å². The molecule has 3 saturated carbocycles. The highest BCUT2D eigenvalue weighted by molar-refractivity contribution is 5.89. The van der Waals surface area contributed by atoms with Crippen molar-refractivity contribution in [3.8, 4) is 47.3 Å². The number of nitriles is 3. The summed E-state index contributed by atoms with van der Waals surface area (Å²) in [6, 6.07) is 44.8. The monoisotopic (exact) mass is 1200 g/mol. The number of carboxylic acid groups (broad SMARTS) is 2. The molecule has 3 heterocycles. The number of methoxy groups -OCH3 is 2. The fraction of sp³-hybridized carbons (Fsp3) is 0.364. The molecule has 0 unspecified atom stereocenters. The van der Waals surface area contributed by atoms with Crippen LogP contribution in [0.1, 0.15) is 178 Å². The summed E-state index contributed by atoms with van der Waals surface area (Å²) in [5.41, 5.74) is 7.42. The van der Waals surface area contributed by atoms with Gasteiger partial charge in [-0.2, -0.15) is 15.8 Å². The first kappa shape index (κ1) is 62.9. The van der Waals surface area contributed by atoms with Crippen LogP contribution in [-0.4, -0.2) is 113 Å². The number of aromatic carboxylic acids is 2. The van der Waals surface area contributed by atoms with E-state index < -0.39 is 17.9 Å². The molecule has 8 aromatic rings. The summed E-state index contributed by atoms with van der Waals surface area (Å²) >= 11 is 0. The van der Waals surface area contributed by atoms with E-state index in [1.54, 1.807) is 25.8 Å². The normalized spacial score (nSPS) is 18.5. The Hall–Kier alpha value is -10.6. The zero-order chi connectivity index (χ0) is 62.7. The summed E-state index contributed by atoms with van der Waals surface area (Å²) in [5, 5.41) is 71.0. The molecule has 458 valence electrons. The number of rotatable bonds is 19. The molecule has 0 saturated heterocycles. The lowest BCUT2D eigenvalue weighted by molar-refractivity contribution is 0.0505. The van der Waals surface area contributed by atoms with Gasteiger partial charge in [0.15, 0.2) is 0 Å². The number of benzene rings is 5. The van der Waals surface area contributed by atoms with Crippen molar-refractivity contribution >= 4 is 17.9 Å². The second kappa shape index (κ2) is 30.7. The fourth-order valence-corrected chi connectivity index (χ4v) is 11.3. The van der Waals surface area contributed by atoms with Gasteiger partial charge in [-0.1, -0.05) is 81.4 Å². The number of carbonyl (C=O) groups excluding carboxylic acids is 1. The Balaban J connectivity index is 0.000000162. The van der Waals surface area contributed by atoms with E-state index in [-0.39, 0.29) is 53.8 Å². The number of aromatic amines is 1. The molecule has 0 radical (unpaired) electrons. The van der Waals surface area contributed by atoms with Crippen LogP contribution in [-0.2, 0) is 17.8 Å². The topological polar surface area (TPSA) is 321 Å². The van der Waals surface area contributed by atoms with Crippen LogP contribution in [0.25, 0.3) is 0 Å². The molecule has 0 bridgehead atoms. The van der Waals surface area contributed by atoms with Crippen LogP contribution < -0.4 is 23.7 Å². The van der Waals surface area contributed by atoms with Crippen molar-refractivity contribution in [2.45, 2.75) is 133 Å². The molecule has 3 fully saturated rings. The van der Waals surface area contributed by atoms with Crippen molar-refractivity contribution in [2.75, 3.05) is 20.8 Å². The van der Waals surface area contributed by atoms with Gasteiger partial charge in [-0.15, -0.1) is 10.2 Å². The van der Waals surface area contributed by atoms with Crippen molar-refractivity contribution in [3.63, 3.8) is 0 Å². The number of ether oxygens (including phenoxy) is 6. The zero-order valence-corrected chi connectivity index (χ0v) is 49.6. The van der Waals surface area contributed by atoms with Gasteiger partial charge in [-0.25, -0.2) is 28.8 Å². The molecule has 89 heavy (non-hydrogen) atoms. The second-order valence-electron chi connectivity index (χ2n) is 21.8. The second-order valence-corrected chi connectivity index (χ2v) is 21.8. The molecule has 3 aliphatic carbocycles. The van der Waals surface area contributed by atoms with Crippen LogP contribution >= 0.6 is 0 Å². The lowest BCUT2D eigenvalue weighted by Crippen LogP contribution is -2.25. The van der Waals surface area contributed by atoms with Crippen LogP contribution in [0.5, 0.6) is 29.1 Å². The lowest BCUT2D eigenvalue weighted by Gasteiger charge is -2.29. The first-order valence-electron chi connectivity index (χ1n) is 29.5. The number of esters is 1. The third-order valence-electron chi connectivity index (χ3n) is 16.2. The van der Waals surface area contributed by atoms with E-state index in [0.29, 0.717) is 53.4 Å². The van der Waals surface area contributed by atoms with E-state index in [4.69, 9.17) is 49.3 Å². The summed E-state index contributed by atoms with van der Waals surface area (Å²) in [7, 11) is 3.23. The molecule has 5 aromatic carbocycles. The van der Waals surface area contributed by atoms with E-state index in [2.05, 4.69) is 54.2 Å². The number of carboxylic acids is 2. The van der Waals surface area contributed by atoms with Crippen molar-refractivity contribution in [3.05, 3.63) is 183 Å². The molecule has 23 nitrogen and oxygen atoms in total. The van der Waals surface area contributed by atoms with Crippen LogP contribution in [0.3, 0.4) is 0 Å². The Morgan fingerprint density at radius 3 is 1.22 bits per heavy atom. The highest BCUT2D eigenvalue weighted by atomic mass is 16.5. The van der Waals surface area contributed by atoms with Crippen LogP contribution in [0.15, 0.2) is 121 Å². The minimum atomic E-state index is -1.16. The molecule has 3 N–H and O–H groups in total. The molecule has 23 heteroatoms. The third-order valence-corrected chi connectivity index (χ3v) is 16.2. The largest absolute Gasteiger partial charge is 0.497 e. The maximum Gasteiger partial charge on any atom is 0.364 e. The maximum atomic E-state index is 12.5. The van der Waals surface area contributed by atoms with Gasteiger partial charge in [0, 0.05) is 0 Å². The van der Waals surface area contributed by atoms with Gasteiger partial charge in [-0.05, 0) is 190 Å². The average molecular weight is 1210 g/mol. The van der Waals surface area contributed by atoms with E-state index in [9.17, 15) is 19.5 Å². The lowest BCUT2D eigenvalue weighted by atomic mass is 9.82. The third kappa shape index (κ3) is 16.7. The van der Waals surface area contributed by atoms with E-state index in [1.165, 1.54) is 21.4 Å². The van der Waals surface area contributed by atoms with Crippen molar-refractivity contribution in [1.29, 1.82) is 15.8 Å². The van der Waals surface area contributed by atoms with E-state index in [1.807, 2.05) is 121 Å². The van der Waals surface area contributed by atoms with Crippen LogP contribution in [0, 0.1) is 34.0 Å². The molecule has 0 atom stereocenters. The molecule has 0 spiro atoms. The number of aromatic nitrogens is 9. The first-order valence-corrected chi connectivity index (χ1v) is 29.5. The Kier molecular flexibility index (Phi) is 21.7. The summed E-state index contributed by atoms with van der Waals surface area (Å²) in [6.07, 6.45) is 10.5. The smallest absolute Gasteiger partial charge is 0.364 e. The van der Waals surface area contributed by atoms with Gasteiger partial charge >= 0.3 is 17.9 Å². The minimum absolute atomic E-state index is 0.0454. The average Bonchev–Trinajstić information content (AvgIpc) is 2.66. The van der Waals surface area contributed by atoms with Gasteiger partial charge < -0.3 is 38.6 Å². The standard InChI is InChI=1S/C26H28N4O4.C24H24N4O4.C16H16N4O3/c1-3-33-26(31)24-25(30(29-28-24)17-19-6-12-22(32-2)13-7-19)34-23-14-10-21(11-15-23)20-8-4-18(16-27)5-9-20;1-31-20-10-4-17(5-11-20)15-28-23(22(24(29)30)26-27-28)32-21-12-8-19(9-13-21)18-6-2-16(14-25)3-7-18;17-9-10-1-3-11(4-2-10)12-5-7-13(8-6-12)23-15-14(16(21)22)18-20-19-15/h4-9,12-13,21,23H,3,10-11,14-15,17H2,1-2H3;2-7,10-11,19,21H,8-9,12-13,15H2,1H3,(H,29,30);1-4,12-13H,5-8H2,(H,21,22)(H,18,19,20). The van der Waals surface area contributed by atoms with Crippen molar-refractivity contribution in [2.24, 2.45) is 0 Å². The molecule has 0 amide bonds. The van der Waals surface area contributed by atoms with E-state index >= 15 is 0 Å². The number of hydrogen-bond donors (Lipinski definition) is 3. The quantitative estimate of drug-likeness (QED) is 0.0633. The summed E-state index contributed by atoms with van der Waals surface area (Å²) in [5.74, 6) is 0.556. The summed E-state index contributed by atoms with van der Waals surface area (Å²) < 4.78 is 36.8. The highest BCUT2D eigenvalue weighted by Gasteiger charge is 2.32. The predicted molar refractivity (Wildman–Crippen MR) is 321 cm³/mol. The Bertz CT molecular complexity index is 3750. The number of hydrogen-bond acceptors (Lipinski definition) is 18.